The Bertz CT molecular complexity index is 369. The fourth-order valence-electron chi connectivity index (χ4n) is 2.06. The van der Waals surface area contributed by atoms with Gasteiger partial charge < -0.3 is 19.9 Å². The predicted molar refractivity (Wildman–Crippen MR) is 67.2 cm³/mol. The molecule has 0 aliphatic carbocycles. The van der Waals surface area contributed by atoms with Gasteiger partial charge in [-0.05, 0) is 26.4 Å². The number of ether oxygens (including phenoxy) is 1. The first-order valence-electron chi connectivity index (χ1n) is 6.54. The molecular weight excluding hydrogens is 232 g/mol. The van der Waals surface area contributed by atoms with E-state index in [-0.39, 0.29) is 12.0 Å². The van der Waals surface area contributed by atoms with Crippen molar-refractivity contribution in [3.05, 3.63) is 11.7 Å². The van der Waals surface area contributed by atoms with Crippen LogP contribution in [0.4, 0.5) is 0 Å². The van der Waals surface area contributed by atoms with Gasteiger partial charge in [-0.1, -0.05) is 12.1 Å². The van der Waals surface area contributed by atoms with Gasteiger partial charge in [0.15, 0.2) is 0 Å². The molecule has 2 N–H and O–H groups in total. The second-order valence-corrected chi connectivity index (χ2v) is 4.94. The van der Waals surface area contributed by atoms with Crippen LogP contribution in [0.25, 0.3) is 0 Å². The molecule has 2 atom stereocenters. The zero-order valence-corrected chi connectivity index (χ0v) is 11.1. The van der Waals surface area contributed by atoms with Crippen molar-refractivity contribution in [1.82, 2.24) is 15.0 Å². The molecule has 0 bridgehead atoms. The van der Waals surface area contributed by atoms with Gasteiger partial charge in [-0.2, -0.15) is 4.98 Å². The number of hydrogen-bond acceptors (Lipinski definition) is 6. The lowest BCUT2D eigenvalue weighted by Gasteiger charge is -2.27. The van der Waals surface area contributed by atoms with Crippen molar-refractivity contribution < 1.29 is 9.26 Å². The molecule has 0 aromatic carbocycles. The van der Waals surface area contributed by atoms with Gasteiger partial charge in [0, 0.05) is 19.0 Å². The van der Waals surface area contributed by atoms with Crippen molar-refractivity contribution in [3.63, 3.8) is 0 Å². The van der Waals surface area contributed by atoms with Crippen molar-refractivity contribution >= 4 is 0 Å². The summed E-state index contributed by atoms with van der Waals surface area (Å²) < 4.78 is 11.0. The minimum atomic E-state index is -0.0667. The van der Waals surface area contributed by atoms with Crippen LogP contribution in [0.3, 0.4) is 0 Å². The highest BCUT2D eigenvalue weighted by Crippen LogP contribution is 2.23. The Kier molecular flexibility index (Phi) is 4.68. The molecular formula is C12H22N4O2. The molecule has 1 aliphatic heterocycles. The van der Waals surface area contributed by atoms with Crippen LogP contribution in [-0.2, 0) is 4.74 Å². The van der Waals surface area contributed by atoms with Crippen molar-refractivity contribution in [2.45, 2.75) is 31.8 Å². The zero-order valence-electron chi connectivity index (χ0n) is 11.1. The molecule has 1 fully saturated rings. The average molecular weight is 254 g/mol. The molecule has 102 valence electrons. The number of rotatable bonds is 5. The summed E-state index contributed by atoms with van der Waals surface area (Å²) >= 11 is 0. The van der Waals surface area contributed by atoms with E-state index >= 15 is 0 Å². The second-order valence-electron chi connectivity index (χ2n) is 4.94. The lowest BCUT2D eigenvalue weighted by atomic mass is 10.1. The molecule has 1 aromatic rings. The number of nitrogens with zero attached hydrogens (tertiary/aromatic N) is 3. The Morgan fingerprint density at radius 1 is 1.56 bits per heavy atom. The van der Waals surface area contributed by atoms with Crippen LogP contribution >= 0.6 is 0 Å². The largest absolute Gasteiger partial charge is 0.367 e. The smallest absolute Gasteiger partial charge is 0.229 e. The van der Waals surface area contributed by atoms with E-state index in [1.807, 2.05) is 0 Å². The molecule has 2 unspecified atom stereocenters. The number of nitrogens with two attached hydrogens (primary N) is 1. The fourth-order valence-corrected chi connectivity index (χ4v) is 2.06. The van der Waals surface area contributed by atoms with E-state index < -0.39 is 0 Å². The second kappa shape index (κ2) is 6.26. The normalized spacial score (nSPS) is 23.2. The molecule has 0 radical (unpaired) electrons. The van der Waals surface area contributed by atoms with Crippen LogP contribution in [0.1, 0.15) is 43.5 Å². The van der Waals surface area contributed by atoms with Gasteiger partial charge >= 0.3 is 0 Å². The Hall–Kier alpha value is -0.980. The minimum Gasteiger partial charge on any atom is -0.367 e. The van der Waals surface area contributed by atoms with Gasteiger partial charge in [0.2, 0.25) is 11.7 Å². The standard InChI is InChI=1S/C12H22N4O2/c1-9(4-3-5-13)12-14-11(15-18-12)10-8-16(2)6-7-17-10/h9-10H,3-8,13H2,1-2H3. The highest BCUT2D eigenvalue weighted by atomic mass is 16.5. The number of hydrogen-bond donors (Lipinski definition) is 1. The summed E-state index contributed by atoms with van der Waals surface area (Å²) in [6.07, 6.45) is 1.88. The molecule has 0 saturated carbocycles. The summed E-state index contributed by atoms with van der Waals surface area (Å²) in [7, 11) is 2.07. The van der Waals surface area contributed by atoms with Crippen molar-refractivity contribution in [2.75, 3.05) is 33.3 Å². The van der Waals surface area contributed by atoms with E-state index in [2.05, 4.69) is 29.0 Å². The van der Waals surface area contributed by atoms with Crippen LogP contribution in [0.5, 0.6) is 0 Å². The molecule has 2 heterocycles. The van der Waals surface area contributed by atoms with Gasteiger partial charge in [-0.25, -0.2) is 0 Å². The third kappa shape index (κ3) is 3.28. The van der Waals surface area contributed by atoms with Gasteiger partial charge in [0.05, 0.1) is 6.61 Å². The van der Waals surface area contributed by atoms with E-state index in [0.29, 0.717) is 24.9 Å². The Morgan fingerprint density at radius 3 is 3.11 bits per heavy atom. The highest BCUT2D eigenvalue weighted by molar-refractivity contribution is 4.97. The Labute approximate surface area is 107 Å². The minimum absolute atomic E-state index is 0.0667. The van der Waals surface area contributed by atoms with Crippen LogP contribution in [0.2, 0.25) is 0 Å². The van der Waals surface area contributed by atoms with Gasteiger partial charge in [0.25, 0.3) is 0 Å². The molecule has 18 heavy (non-hydrogen) atoms. The van der Waals surface area contributed by atoms with Crippen molar-refractivity contribution in [3.8, 4) is 0 Å². The SMILES string of the molecule is CC(CCCN)c1nc(C2CN(C)CCO2)no1. The first kappa shape index (κ1) is 13.5. The Balaban J connectivity index is 1.96. The summed E-state index contributed by atoms with van der Waals surface area (Å²) in [5.74, 6) is 1.61. The average Bonchev–Trinajstić information content (AvgIpc) is 2.85. The van der Waals surface area contributed by atoms with E-state index in [4.69, 9.17) is 15.0 Å². The monoisotopic (exact) mass is 254 g/mol. The third-order valence-electron chi connectivity index (χ3n) is 3.28. The van der Waals surface area contributed by atoms with Crippen LogP contribution < -0.4 is 5.73 Å². The van der Waals surface area contributed by atoms with E-state index in [1.165, 1.54) is 0 Å². The molecule has 0 spiro atoms. The quantitative estimate of drug-likeness (QED) is 0.841. The maximum Gasteiger partial charge on any atom is 0.229 e. The van der Waals surface area contributed by atoms with E-state index in [1.54, 1.807) is 0 Å². The van der Waals surface area contributed by atoms with E-state index in [0.717, 1.165) is 25.9 Å². The topological polar surface area (TPSA) is 77.4 Å². The molecule has 6 nitrogen and oxygen atoms in total. The van der Waals surface area contributed by atoms with Crippen LogP contribution in [0, 0.1) is 0 Å². The van der Waals surface area contributed by atoms with Crippen molar-refractivity contribution in [2.24, 2.45) is 5.73 Å². The molecule has 6 heteroatoms. The van der Waals surface area contributed by atoms with Gasteiger partial charge in [-0.3, -0.25) is 0 Å². The van der Waals surface area contributed by atoms with Gasteiger partial charge in [-0.15, -0.1) is 0 Å². The fraction of sp³-hybridized carbons (Fsp3) is 0.833. The van der Waals surface area contributed by atoms with Gasteiger partial charge in [0.1, 0.15) is 6.10 Å². The summed E-state index contributed by atoms with van der Waals surface area (Å²) in [6.45, 7) is 5.26. The predicted octanol–water partition coefficient (Wildman–Crippen LogP) is 0.915. The zero-order chi connectivity index (χ0) is 13.0. The molecule has 1 saturated heterocycles. The Morgan fingerprint density at radius 2 is 2.39 bits per heavy atom. The van der Waals surface area contributed by atoms with Crippen LogP contribution in [-0.4, -0.2) is 48.3 Å². The van der Waals surface area contributed by atoms with E-state index in [9.17, 15) is 0 Å². The summed E-state index contributed by atoms with van der Waals surface area (Å²) in [5, 5.41) is 4.03. The lowest BCUT2D eigenvalue weighted by Crippen LogP contribution is -2.35. The molecule has 2 rings (SSSR count). The number of aromatic nitrogens is 2. The highest BCUT2D eigenvalue weighted by Gasteiger charge is 2.25. The molecule has 1 aliphatic rings. The maximum absolute atomic E-state index is 5.66. The third-order valence-corrected chi connectivity index (χ3v) is 3.28. The summed E-state index contributed by atoms with van der Waals surface area (Å²) in [6, 6.07) is 0. The van der Waals surface area contributed by atoms with Crippen LogP contribution in [0.15, 0.2) is 4.52 Å². The summed E-state index contributed by atoms with van der Waals surface area (Å²) in [4.78, 5) is 6.66. The lowest BCUT2D eigenvalue weighted by molar-refractivity contribution is -0.0264. The molecule has 0 amide bonds. The number of morpholine rings is 1. The summed E-state index contributed by atoms with van der Waals surface area (Å²) in [5.41, 5.74) is 5.50. The molecule has 1 aromatic heterocycles. The maximum atomic E-state index is 5.66. The van der Waals surface area contributed by atoms with Crippen molar-refractivity contribution in [1.29, 1.82) is 0 Å². The first-order valence-corrected chi connectivity index (χ1v) is 6.54. The first-order chi connectivity index (χ1) is 8.70. The number of likely N-dealkylation sites (N-methyl/N-ethyl adjacent to an activating group) is 1.